The van der Waals surface area contributed by atoms with E-state index >= 15 is 0 Å². The van der Waals surface area contributed by atoms with Crippen molar-refractivity contribution in [1.29, 1.82) is 0 Å². The maximum absolute atomic E-state index is 14.2. The second kappa shape index (κ2) is 7.92. The van der Waals surface area contributed by atoms with Crippen LogP contribution in [-0.4, -0.2) is 36.6 Å². The molecule has 0 radical (unpaired) electrons. The van der Waals surface area contributed by atoms with Gasteiger partial charge in [0.25, 0.3) is 5.91 Å². The molecule has 0 saturated carbocycles. The number of amides is 1. The number of hydrogen-bond acceptors (Lipinski definition) is 5. The Morgan fingerprint density at radius 2 is 1.75 bits per heavy atom. The van der Waals surface area contributed by atoms with Crippen LogP contribution in [0.1, 0.15) is 21.7 Å². The quantitative estimate of drug-likeness (QED) is 0.364. The molecular formula is C22H10F6N6O2. The molecule has 36 heavy (non-hydrogen) atoms. The van der Waals surface area contributed by atoms with Crippen LogP contribution in [-0.2, 0) is 17.1 Å². The van der Waals surface area contributed by atoms with Crippen molar-refractivity contribution in [2.75, 3.05) is 5.32 Å². The number of carbonyl (C=O) groups excluding carboxylic acids is 2. The zero-order valence-corrected chi connectivity index (χ0v) is 17.5. The van der Waals surface area contributed by atoms with E-state index in [1.165, 1.54) is 24.5 Å². The van der Waals surface area contributed by atoms with Gasteiger partial charge in [0, 0.05) is 46.0 Å². The van der Waals surface area contributed by atoms with Crippen LogP contribution in [0.25, 0.3) is 27.4 Å². The van der Waals surface area contributed by atoms with Crippen LogP contribution >= 0.6 is 0 Å². The van der Waals surface area contributed by atoms with Crippen LogP contribution in [0.3, 0.4) is 0 Å². The van der Waals surface area contributed by atoms with Crippen molar-refractivity contribution in [3.05, 3.63) is 71.4 Å². The summed E-state index contributed by atoms with van der Waals surface area (Å²) < 4.78 is 81.7. The summed E-state index contributed by atoms with van der Waals surface area (Å²) in [4.78, 5) is 33.9. The molecule has 5 rings (SSSR count). The third kappa shape index (κ3) is 3.73. The fourth-order valence-electron chi connectivity index (χ4n) is 3.87. The molecule has 0 atom stereocenters. The van der Waals surface area contributed by atoms with E-state index in [-0.39, 0.29) is 16.4 Å². The third-order valence-electron chi connectivity index (χ3n) is 5.35. The Balaban J connectivity index is 1.64. The van der Waals surface area contributed by atoms with E-state index in [1.54, 1.807) is 5.94 Å². The first-order chi connectivity index (χ1) is 17.0. The van der Waals surface area contributed by atoms with E-state index in [4.69, 9.17) is 0 Å². The number of H-pyrrole nitrogens is 1. The summed E-state index contributed by atoms with van der Waals surface area (Å²) in [6, 6.07) is 4.23. The molecular weight excluding hydrogens is 494 g/mol. The minimum Gasteiger partial charge on any atom is -0.345 e. The summed E-state index contributed by atoms with van der Waals surface area (Å²) in [5.41, 5.74) is -3.76. The van der Waals surface area contributed by atoms with Gasteiger partial charge in [0.2, 0.25) is 0 Å². The first kappa shape index (κ1) is 23.1. The Kier molecular flexibility index (Phi) is 5.07. The highest BCUT2D eigenvalue weighted by Crippen LogP contribution is 2.37. The number of carbonyl (C=O) groups is 1. The van der Waals surface area contributed by atoms with Crippen LogP contribution in [0.5, 0.6) is 0 Å². The molecule has 0 saturated heterocycles. The lowest BCUT2D eigenvalue weighted by molar-refractivity contribution is -0.143. The molecule has 0 bridgehead atoms. The number of anilines is 1. The van der Waals surface area contributed by atoms with Gasteiger partial charge in [-0.2, -0.15) is 31.4 Å². The Bertz CT molecular complexity index is 1730. The number of benzene rings is 1. The third-order valence-corrected chi connectivity index (χ3v) is 5.35. The molecule has 1 aromatic carbocycles. The molecule has 182 valence electrons. The van der Waals surface area contributed by atoms with Crippen molar-refractivity contribution in [3.8, 4) is 5.69 Å². The molecule has 5 aromatic rings. The van der Waals surface area contributed by atoms with E-state index in [2.05, 4.69) is 20.1 Å². The number of aromatic nitrogens is 5. The van der Waals surface area contributed by atoms with Crippen LogP contribution in [0.4, 0.5) is 32.0 Å². The zero-order chi connectivity index (χ0) is 25.8. The van der Waals surface area contributed by atoms with Crippen molar-refractivity contribution < 1.29 is 35.9 Å². The Morgan fingerprint density at radius 3 is 2.44 bits per heavy atom. The molecule has 8 nitrogen and oxygen atoms in total. The van der Waals surface area contributed by atoms with Crippen LogP contribution in [0.2, 0.25) is 0 Å². The van der Waals surface area contributed by atoms with Crippen molar-refractivity contribution >= 4 is 39.2 Å². The lowest BCUT2D eigenvalue weighted by Gasteiger charge is -2.14. The summed E-state index contributed by atoms with van der Waals surface area (Å²) in [5, 5.41) is 6.78. The second-order valence-electron chi connectivity index (χ2n) is 7.54. The first-order valence-electron chi connectivity index (χ1n) is 9.92. The average molecular weight is 504 g/mol. The van der Waals surface area contributed by atoms with E-state index in [9.17, 15) is 35.9 Å². The SMILES string of the molecule is O=C=c1[nH]c2ccc(-n3ncc(C(=O)Nc4ccnc(C(F)(F)F)c4)c3C(F)(F)F)c3cncc1c23. The highest BCUT2D eigenvalue weighted by atomic mass is 19.4. The van der Waals surface area contributed by atoms with Crippen LogP contribution in [0, 0.1) is 0 Å². The standard InChI is InChI=1S/C22H10F6N6O2/c23-21(24,25)17-5-10(3-4-30-17)32-20(36)13-8-31-34(19(13)22(26,27)28)16-2-1-14-18-11(15(9-35)33-14)6-29-7-12(16)18/h1-8,33H,(H,30,32,36). The van der Waals surface area contributed by atoms with Gasteiger partial charge in [0.1, 0.15) is 11.0 Å². The van der Waals surface area contributed by atoms with Gasteiger partial charge < -0.3 is 10.3 Å². The van der Waals surface area contributed by atoms with E-state index in [1.807, 2.05) is 5.32 Å². The van der Waals surface area contributed by atoms with E-state index < -0.39 is 40.9 Å². The molecule has 0 fully saturated rings. The molecule has 1 amide bonds. The van der Waals surface area contributed by atoms with Gasteiger partial charge in [0.05, 0.1) is 17.4 Å². The van der Waals surface area contributed by atoms with E-state index in [0.29, 0.717) is 33.2 Å². The topological polar surface area (TPSA) is 106 Å². The molecule has 4 aromatic heterocycles. The predicted octanol–water partition coefficient (Wildman–Crippen LogP) is 3.81. The normalized spacial score (nSPS) is 12.3. The minimum atomic E-state index is -5.08. The van der Waals surface area contributed by atoms with E-state index in [0.717, 1.165) is 12.3 Å². The number of nitrogens with one attached hydrogen (secondary N) is 2. The van der Waals surface area contributed by atoms with Crippen molar-refractivity contribution in [2.45, 2.75) is 12.4 Å². The smallest absolute Gasteiger partial charge is 0.345 e. The van der Waals surface area contributed by atoms with Gasteiger partial charge in [-0.25, -0.2) is 9.48 Å². The molecule has 0 unspecified atom stereocenters. The maximum atomic E-state index is 14.2. The Hall–Kier alpha value is -4.71. The Morgan fingerprint density at radius 1 is 1.00 bits per heavy atom. The molecule has 14 heteroatoms. The molecule has 0 spiro atoms. The van der Waals surface area contributed by atoms with Gasteiger partial charge in [-0.15, -0.1) is 0 Å². The predicted molar refractivity (Wildman–Crippen MR) is 113 cm³/mol. The number of halogens is 6. The monoisotopic (exact) mass is 504 g/mol. The van der Waals surface area contributed by atoms with Gasteiger partial charge in [0.15, 0.2) is 11.6 Å². The highest BCUT2D eigenvalue weighted by molar-refractivity contribution is 6.12. The lowest BCUT2D eigenvalue weighted by atomic mass is 10.1. The number of hydrogen-bond donors (Lipinski definition) is 2. The summed E-state index contributed by atoms with van der Waals surface area (Å²) in [6.45, 7) is 0. The fourth-order valence-corrected chi connectivity index (χ4v) is 3.87. The Labute approximate surface area is 195 Å². The first-order valence-corrected chi connectivity index (χ1v) is 9.92. The summed E-state index contributed by atoms with van der Waals surface area (Å²) in [5.74, 6) is 0.378. The molecule has 0 aliphatic heterocycles. The molecule has 0 aliphatic rings. The molecule has 4 heterocycles. The van der Waals surface area contributed by atoms with Gasteiger partial charge in [-0.05, 0) is 24.3 Å². The summed E-state index contributed by atoms with van der Waals surface area (Å²) in [6.07, 6.45) is -5.84. The largest absolute Gasteiger partial charge is 0.434 e. The number of pyridine rings is 2. The highest BCUT2D eigenvalue weighted by Gasteiger charge is 2.41. The average Bonchev–Trinajstić information content (AvgIpc) is 3.42. The molecule has 2 N–H and O–H groups in total. The second-order valence-corrected chi connectivity index (χ2v) is 7.54. The number of nitrogens with zero attached hydrogens (tertiary/aromatic N) is 4. The number of alkyl halides is 6. The fraction of sp³-hybridized carbons (Fsp3) is 0.0909. The summed E-state index contributed by atoms with van der Waals surface area (Å²) in [7, 11) is 0. The number of aromatic amines is 1. The van der Waals surface area contributed by atoms with Crippen LogP contribution in [0.15, 0.2) is 49.1 Å². The van der Waals surface area contributed by atoms with Gasteiger partial charge >= 0.3 is 12.4 Å². The van der Waals surface area contributed by atoms with Gasteiger partial charge in [-0.3, -0.25) is 14.8 Å². The maximum Gasteiger partial charge on any atom is 0.434 e. The van der Waals surface area contributed by atoms with Gasteiger partial charge in [-0.1, -0.05) is 0 Å². The van der Waals surface area contributed by atoms with Crippen molar-refractivity contribution in [1.82, 2.24) is 24.7 Å². The zero-order valence-electron chi connectivity index (χ0n) is 17.5. The summed E-state index contributed by atoms with van der Waals surface area (Å²) >= 11 is 0. The van der Waals surface area contributed by atoms with Crippen molar-refractivity contribution in [3.63, 3.8) is 0 Å². The lowest BCUT2D eigenvalue weighted by Crippen LogP contribution is -2.21. The number of rotatable bonds is 3. The van der Waals surface area contributed by atoms with Crippen LogP contribution < -0.4 is 10.7 Å². The van der Waals surface area contributed by atoms with Crippen molar-refractivity contribution in [2.24, 2.45) is 0 Å². The molecule has 0 aliphatic carbocycles. The minimum absolute atomic E-state index is 0.0624.